The molecule has 3 rings (SSSR count). The van der Waals surface area contributed by atoms with Gasteiger partial charge in [0.25, 0.3) is 5.91 Å². The number of halogens is 1. The van der Waals surface area contributed by atoms with Crippen molar-refractivity contribution in [1.29, 1.82) is 0 Å². The summed E-state index contributed by atoms with van der Waals surface area (Å²) in [4.78, 5) is 14.4. The van der Waals surface area contributed by atoms with Crippen LogP contribution in [0.5, 0.6) is 0 Å². The van der Waals surface area contributed by atoms with E-state index in [1.165, 1.54) is 0 Å². The van der Waals surface area contributed by atoms with Crippen LogP contribution in [0.2, 0.25) is 5.02 Å². The maximum Gasteiger partial charge on any atom is 0.254 e. The van der Waals surface area contributed by atoms with Crippen LogP contribution in [-0.4, -0.2) is 35.8 Å². The van der Waals surface area contributed by atoms with E-state index < -0.39 is 0 Å². The average Bonchev–Trinajstić information content (AvgIpc) is 3.13. The topological polar surface area (TPSA) is 50.2 Å². The van der Waals surface area contributed by atoms with Crippen molar-refractivity contribution >= 4 is 23.2 Å². The quantitative estimate of drug-likeness (QED) is 0.695. The van der Waals surface area contributed by atoms with Gasteiger partial charge in [-0.3, -0.25) is 9.48 Å². The zero-order valence-electron chi connectivity index (χ0n) is 14.6. The van der Waals surface area contributed by atoms with Gasteiger partial charge in [0.1, 0.15) is 0 Å². The lowest BCUT2D eigenvalue weighted by molar-refractivity contribution is 0.0954. The number of benzene rings is 2. The summed E-state index contributed by atoms with van der Waals surface area (Å²) in [6.45, 7) is 1.81. The molecule has 0 spiro atoms. The van der Waals surface area contributed by atoms with Crippen LogP contribution in [0.1, 0.15) is 15.9 Å². The number of anilines is 1. The Bertz CT molecular complexity index is 863. The Morgan fingerprint density at radius 1 is 1.15 bits per heavy atom. The first-order chi connectivity index (χ1) is 12.6. The van der Waals surface area contributed by atoms with Crippen molar-refractivity contribution in [3.63, 3.8) is 0 Å². The Morgan fingerprint density at radius 3 is 2.65 bits per heavy atom. The number of nitrogens with zero attached hydrogens (tertiary/aromatic N) is 3. The molecule has 0 atom stereocenters. The number of para-hydroxylation sites is 1. The van der Waals surface area contributed by atoms with E-state index in [0.29, 0.717) is 23.7 Å². The largest absolute Gasteiger partial charge is 0.373 e. The molecule has 2 aromatic carbocycles. The number of likely N-dealkylation sites (N-methyl/N-ethyl adjacent to an activating group) is 1. The molecule has 0 aliphatic rings. The predicted molar refractivity (Wildman–Crippen MR) is 105 cm³/mol. The van der Waals surface area contributed by atoms with Gasteiger partial charge in [-0.25, -0.2) is 0 Å². The zero-order valence-corrected chi connectivity index (χ0v) is 15.4. The number of amides is 1. The third-order valence-corrected chi connectivity index (χ3v) is 4.48. The number of carbonyl (C=O) groups is 1. The summed E-state index contributed by atoms with van der Waals surface area (Å²) in [7, 11) is 2.00. The average molecular weight is 369 g/mol. The standard InChI is InChI=1S/C20H21ClN4O/c1-24(18-8-3-2-4-9-18)12-11-22-20(26)17-13-23-25(15-17)14-16-7-5-6-10-19(16)21/h2-10,13,15H,11-12,14H2,1H3,(H,22,26). The van der Waals surface area contributed by atoms with Gasteiger partial charge in [0, 0.05) is 37.0 Å². The Morgan fingerprint density at radius 2 is 1.88 bits per heavy atom. The van der Waals surface area contributed by atoms with Crippen molar-refractivity contribution in [2.45, 2.75) is 6.54 Å². The number of hydrogen-bond acceptors (Lipinski definition) is 3. The molecule has 6 heteroatoms. The van der Waals surface area contributed by atoms with Crippen LogP contribution < -0.4 is 10.2 Å². The molecule has 1 amide bonds. The van der Waals surface area contributed by atoms with Crippen LogP contribution in [0.3, 0.4) is 0 Å². The number of hydrogen-bond donors (Lipinski definition) is 1. The lowest BCUT2D eigenvalue weighted by atomic mass is 10.2. The maximum absolute atomic E-state index is 12.3. The van der Waals surface area contributed by atoms with Gasteiger partial charge in [-0.05, 0) is 23.8 Å². The molecule has 5 nitrogen and oxygen atoms in total. The molecule has 0 aliphatic heterocycles. The SMILES string of the molecule is CN(CCNC(=O)c1cnn(Cc2ccccc2Cl)c1)c1ccccc1. The Balaban J connectivity index is 1.51. The van der Waals surface area contributed by atoms with Crippen molar-refractivity contribution in [3.8, 4) is 0 Å². The normalized spacial score (nSPS) is 10.5. The van der Waals surface area contributed by atoms with E-state index in [0.717, 1.165) is 17.8 Å². The van der Waals surface area contributed by atoms with Crippen LogP contribution in [0.4, 0.5) is 5.69 Å². The van der Waals surface area contributed by atoms with Crippen molar-refractivity contribution < 1.29 is 4.79 Å². The molecule has 134 valence electrons. The zero-order chi connectivity index (χ0) is 18.4. The minimum absolute atomic E-state index is 0.128. The Hall–Kier alpha value is -2.79. The summed E-state index contributed by atoms with van der Waals surface area (Å²) in [5.74, 6) is -0.128. The van der Waals surface area contributed by atoms with Crippen molar-refractivity contribution in [2.75, 3.05) is 25.0 Å². The summed E-state index contributed by atoms with van der Waals surface area (Å²) in [6.07, 6.45) is 3.31. The summed E-state index contributed by atoms with van der Waals surface area (Å²) < 4.78 is 1.71. The summed E-state index contributed by atoms with van der Waals surface area (Å²) in [5, 5.41) is 7.87. The first-order valence-corrected chi connectivity index (χ1v) is 8.81. The third-order valence-electron chi connectivity index (χ3n) is 4.12. The molecule has 1 aromatic heterocycles. The fourth-order valence-corrected chi connectivity index (χ4v) is 2.81. The molecule has 0 bridgehead atoms. The minimum Gasteiger partial charge on any atom is -0.373 e. The van der Waals surface area contributed by atoms with Crippen LogP contribution in [0.25, 0.3) is 0 Å². The molecule has 0 saturated heterocycles. The molecule has 3 aromatic rings. The molecule has 0 radical (unpaired) electrons. The maximum atomic E-state index is 12.3. The van der Waals surface area contributed by atoms with Gasteiger partial charge < -0.3 is 10.2 Å². The van der Waals surface area contributed by atoms with Crippen molar-refractivity contribution in [3.05, 3.63) is 83.1 Å². The highest BCUT2D eigenvalue weighted by Crippen LogP contribution is 2.16. The third kappa shape index (κ3) is 4.64. The molecule has 0 saturated carbocycles. The molecule has 0 unspecified atom stereocenters. The van der Waals surface area contributed by atoms with E-state index in [9.17, 15) is 4.79 Å². The fourth-order valence-electron chi connectivity index (χ4n) is 2.62. The van der Waals surface area contributed by atoms with Crippen molar-refractivity contribution in [2.24, 2.45) is 0 Å². The second-order valence-electron chi connectivity index (χ2n) is 6.03. The number of rotatable bonds is 7. The molecular formula is C20H21ClN4O. The second-order valence-corrected chi connectivity index (χ2v) is 6.44. The monoisotopic (exact) mass is 368 g/mol. The van der Waals surface area contributed by atoms with Crippen LogP contribution in [0.15, 0.2) is 67.0 Å². The molecule has 1 heterocycles. The summed E-state index contributed by atoms with van der Waals surface area (Å²) in [6, 6.07) is 17.7. The lowest BCUT2D eigenvalue weighted by Crippen LogP contribution is -2.32. The lowest BCUT2D eigenvalue weighted by Gasteiger charge is -2.19. The molecule has 0 aliphatic carbocycles. The smallest absolute Gasteiger partial charge is 0.254 e. The Kier molecular flexibility index (Phi) is 5.92. The minimum atomic E-state index is -0.128. The van der Waals surface area contributed by atoms with E-state index in [1.54, 1.807) is 17.1 Å². The number of aromatic nitrogens is 2. The van der Waals surface area contributed by atoms with E-state index in [1.807, 2.05) is 61.6 Å². The van der Waals surface area contributed by atoms with Gasteiger partial charge in [-0.2, -0.15) is 5.10 Å². The van der Waals surface area contributed by atoms with Gasteiger partial charge in [0.15, 0.2) is 0 Å². The molecular weight excluding hydrogens is 348 g/mol. The highest BCUT2D eigenvalue weighted by molar-refractivity contribution is 6.31. The van der Waals surface area contributed by atoms with E-state index >= 15 is 0 Å². The van der Waals surface area contributed by atoms with Gasteiger partial charge in [-0.15, -0.1) is 0 Å². The van der Waals surface area contributed by atoms with Gasteiger partial charge in [0.2, 0.25) is 0 Å². The highest BCUT2D eigenvalue weighted by Gasteiger charge is 2.10. The van der Waals surface area contributed by atoms with Gasteiger partial charge in [-0.1, -0.05) is 48.0 Å². The van der Waals surface area contributed by atoms with Crippen molar-refractivity contribution in [1.82, 2.24) is 15.1 Å². The van der Waals surface area contributed by atoms with Crippen LogP contribution in [-0.2, 0) is 6.54 Å². The van der Waals surface area contributed by atoms with E-state index in [4.69, 9.17) is 11.6 Å². The van der Waals surface area contributed by atoms with Gasteiger partial charge >= 0.3 is 0 Å². The molecule has 26 heavy (non-hydrogen) atoms. The first kappa shape index (κ1) is 18.0. The molecule has 0 fully saturated rings. The first-order valence-electron chi connectivity index (χ1n) is 8.44. The highest BCUT2D eigenvalue weighted by atomic mass is 35.5. The van der Waals surface area contributed by atoms with Gasteiger partial charge in [0.05, 0.1) is 18.3 Å². The summed E-state index contributed by atoms with van der Waals surface area (Å²) >= 11 is 6.17. The van der Waals surface area contributed by atoms with Crippen LogP contribution in [0, 0.1) is 0 Å². The Labute approximate surface area is 158 Å². The number of nitrogens with one attached hydrogen (secondary N) is 1. The molecule has 1 N–H and O–H groups in total. The number of carbonyl (C=O) groups excluding carboxylic acids is 1. The predicted octanol–water partition coefficient (Wildman–Crippen LogP) is 3.45. The van der Waals surface area contributed by atoms with E-state index in [-0.39, 0.29) is 5.91 Å². The van der Waals surface area contributed by atoms with E-state index in [2.05, 4.69) is 15.3 Å². The fraction of sp³-hybridized carbons (Fsp3) is 0.200. The van der Waals surface area contributed by atoms with Crippen LogP contribution >= 0.6 is 11.6 Å². The summed E-state index contributed by atoms with van der Waals surface area (Å²) in [5.41, 5.74) is 2.63. The second kappa shape index (κ2) is 8.54.